The van der Waals surface area contributed by atoms with E-state index in [-0.39, 0.29) is 11.8 Å². The quantitative estimate of drug-likeness (QED) is 0.848. The lowest BCUT2D eigenvalue weighted by Gasteiger charge is -2.14. The number of nitrogens with zero attached hydrogens (tertiary/aromatic N) is 1. The summed E-state index contributed by atoms with van der Waals surface area (Å²) in [5.41, 5.74) is 0. The van der Waals surface area contributed by atoms with Crippen molar-refractivity contribution in [3.63, 3.8) is 0 Å². The number of amides is 1. The van der Waals surface area contributed by atoms with Crippen LogP contribution in [0.25, 0.3) is 6.08 Å². The Morgan fingerprint density at radius 1 is 1.58 bits per heavy atom. The number of hydrogen-bond acceptors (Lipinski definition) is 5. The number of rotatable bonds is 6. The Morgan fingerprint density at radius 2 is 2.32 bits per heavy atom. The van der Waals surface area contributed by atoms with E-state index in [2.05, 4.69) is 5.32 Å². The summed E-state index contributed by atoms with van der Waals surface area (Å²) < 4.78 is 0. The molecule has 1 aromatic rings. The van der Waals surface area contributed by atoms with E-state index in [0.717, 1.165) is 14.8 Å². The van der Waals surface area contributed by atoms with Crippen molar-refractivity contribution in [1.29, 1.82) is 0 Å². The van der Waals surface area contributed by atoms with E-state index in [9.17, 15) is 4.79 Å². The molecule has 0 fully saturated rings. The highest BCUT2D eigenvalue weighted by Gasteiger charge is 2.05. The van der Waals surface area contributed by atoms with Crippen molar-refractivity contribution < 1.29 is 9.90 Å². The smallest absolute Gasteiger partial charge is 0.283 e. The number of hydrogen-bond donors (Lipinski definition) is 2. The number of thioether (sulfide) groups is 1. The molecular weight excluding hydrogens is 280 g/mol. The number of carbonyl (C=O) groups is 1. The third-order valence-corrected chi connectivity index (χ3v) is 4.26. The second-order valence-electron chi connectivity index (χ2n) is 4.00. The molecule has 2 N–H and O–H groups in total. The molecule has 0 aliphatic carbocycles. The summed E-state index contributed by atoms with van der Waals surface area (Å²) in [6, 6.07) is 4.05. The van der Waals surface area contributed by atoms with Crippen molar-refractivity contribution in [2.45, 2.75) is 13.8 Å². The van der Waals surface area contributed by atoms with Crippen LogP contribution < -0.4 is 10.2 Å². The zero-order chi connectivity index (χ0) is 14.3. The minimum Gasteiger partial charge on any atom is -0.395 e. The van der Waals surface area contributed by atoms with Gasteiger partial charge in [-0.25, -0.2) is 0 Å². The molecule has 4 nitrogen and oxygen atoms in total. The minimum atomic E-state index is -0.0228. The predicted octanol–water partition coefficient (Wildman–Crippen LogP) is 3.00. The molecule has 1 rings (SSSR count). The van der Waals surface area contributed by atoms with Gasteiger partial charge in [0.05, 0.1) is 11.6 Å². The van der Waals surface area contributed by atoms with Crippen molar-refractivity contribution in [3.8, 4) is 0 Å². The number of carbonyl (C=O) groups excluding carboxylic acids is 1. The Morgan fingerprint density at radius 3 is 2.95 bits per heavy atom. The highest BCUT2D eigenvalue weighted by molar-refractivity contribution is 8.16. The van der Waals surface area contributed by atoms with E-state index in [1.54, 1.807) is 11.3 Å². The van der Waals surface area contributed by atoms with Gasteiger partial charge in [0.25, 0.3) is 5.24 Å². The van der Waals surface area contributed by atoms with Crippen LogP contribution in [0.15, 0.2) is 17.0 Å². The summed E-state index contributed by atoms with van der Waals surface area (Å²) in [7, 11) is 1.95. The topological polar surface area (TPSA) is 52.6 Å². The van der Waals surface area contributed by atoms with Crippen molar-refractivity contribution in [1.82, 2.24) is 5.32 Å². The average molecular weight is 300 g/mol. The number of anilines is 1. The molecule has 0 atom stereocenters. The summed E-state index contributed by atoms with van der Waals surface area (Å²) in [5.74, 6) is 0. The van der Waals surface area contributed by atoms with Gasteiger partial charge in [0, 0.05) is 25.0 Å². The molecule has 0 unspecified atom stereocenters. The van der Waals surface area contributed by atoms with Crippen molar-refractivity contribution in [2.75, 3.05) is 31.6 Å². The molecule has 0 radical (unpaired) electrons. The molecule has 1 aromatic heterocycles. The molecule has 0 saturated carbocycles. The Labute approximate surface area is 122 Å². The third-order valence-electron chi connectivity index (χ3n) is 2.34. The fourth-order valence-electron chi connectivity index (χ4n) is 1.44. The standard InChI is InChI=1S/C13H20N2O2S2/c1-4-14-13(17)18-10(2)9-11-5-6-12(19-11)15(3)7-8-16/h5-6,9,16H,4,7-8H2,1-3H3,(H,14,17)/b10-9-. The number of likely N-dealkylation sites (N-methyl/N-ethyl adjacent to an activating group) is 1. The van der Waals surface area contributed by atoms with Crippen LogP contribution in [0, 0.1) is 0 Å². The number of aliphatic hydroxyl groups is 1. The van der Waals surface area contributed by atoms with Crippen LogP contribution in [0.3, 0.4) is 0 Å². The normalized spacial score (nSPS) is 11.5. The Bertz CT molecular complexity index is 444. The molecule has 6 heteroatoms. The molecule has 1 amide bonds. The zero-order valence-corrected chi connectivity index (χ0v) is 13.1. The summed E-state index contributed by atoms with van der Waals surface area (Å²) >= 11 is 2.85. The summed E-state index contributed by atoms with van der Waals surface area (Å²) in [6.45, 7) is 5.24. The largest absolute Gasteiger partial charge is 0.395 e. The van der Waals surface area contributed by atoms with Gasteiger partial charge < -0.3 is 15.3 Å². The molecule has 0 aliphatic rings. The van der Waals surface area contributed by atoms with E-state index in [1.807, 2.05) is 44.0 Å². The van der Waals surface area contributed by atoms with E-state index in [1.165, 1.54) is 11.8 Å². The Hall–Kier alpha value is -0.980. The fourth-order valence-corrected chi connectivity index (χ4v) is 3.21. The second kappa shape index (κ2) is 8.24. The van der Waals surface area contributed by atoms with Gasteiger partial charge in [0.15, 0.2) is 0 Å². The molecule has 19 heavy (non-hydrogen) atoms. The zero-order valence-electron chi connectivity index (χ0n) is 11.5. The van der Waals surface area contributed by atoms with Gasteiger partial charge in [-0.3, -0.25) is 4.79 Å². The maximum Gasteiger partial charge on any atom is 0.283 e. The first-order valence-corrected chi connectivity index (χ1v) is 7.76. The molecule has 1 heterocycles. The first kappa shape index (κ1) is 16.1. The minimum absolute atomic E-state index is 0.0228. The lowest BCUT2D eigenvalue weighted by atomic mass is 10.4. The van der Waals surface area contributed by atoms with E-state index in [0.29, 0.717) is 13.1 Å². The van der Waals surface area contributed by atoms with E-state index in [4.69, 9.17) is 5.11 Å². The van der Waals surface area contributed by atoms with Crippen LogP contribution in [0.2, 0.25) is 0 Å². The SMILES string of the molecule is CCNC(=O)S/C(C)=C\c1ccc(N(C)CCO)s1. The van der Waals surface area contributed by atoms with Crippen LogP contribution in [0.1, 0.15) is 18.7 Å². The van der Waals surface area contributed by atoms with Gasteiger partial charge in [-0.15, -0.1) is 11.3 Å². The number of aliphatic hydroxyl groups excluding tert-OH is 1. The number of allylic oxidation sites excluding steroid dienone is 1. The highest BCUT2D eigenvalue weighted by atomic mass is 32.2. The fraction of sp³-hybridized carbons (Fsp3) is 0.462. The van der Waals surface area contributed by atoms with Gasteiger partial charge in [0.2, 0.25) is 0 Å². The average Bonchev–Trinajstić information content (AvgIpc) is 2.77. The van der Waals surface area contributed by atoms with Gasteiger partial charge in [0.1, 0.15) is 0 Å². The van der Waals surface area contributed by atoms with Crippen molar-refractivity contribution in [2.24, 2.45) is 0 Å². The van der Waals surface area contributed by atoms with Gasteiger partial charge in [-0.1, -0.05) is 0 Å². The van der Waals surface area contributed by atoms with Gasteiger partial charge in [-0.2, -0.15) is 0 Å². The van der Waals surface area contributed by atoms with E-state index < -0.39 is 0 Å². The Balaban J connectivity index is 2.63. The van der Waals surface area contributed by atoms with E-state index >= 15 is 0 Å². The molecule has 106 valence electrons. The van der Waals surface area contributed by atoms with Crippen LogP contribution in [-0.4, -0.2) is 37.1 Å². The molecule has 0 aromatic carbocycles. The summed E-state index contributed by atoms with van der Waals surface area (Å²) in [5, 5.41) is 12.7. The number of thiophene rings is 1. The first-order chi connectivity index (χ1) is 9.06. The molecule has 0 spiro atoms. The van der Waals surface area contributed by atoms with Gasteiger partial charge >= 0.3 is 0 Å². The first-order valence-electron chi connectivity index (χ1n) is 6.12. The summed E-state index contributed by atoms with van der Waals surface area (Å²) in [6.07, 6.45) is 2.00. The van der Waals surface area contributed by atoms with Crippen LogP contribution in [0.4, 0.5) is 9.80 Å². The maximum atomic E-state index is 11.4. The highest BCUT2D eigenvalue weighted by Crippen LogP contribution is 2.28. The molecular formula is C13H20N2O2S2. The lowest BCUT2D eigenvalue weighted by Crippen LogP contribution is -2.19. The van der Waals surface area contributed by atoms with Crippen molar-refractivity contribution in [3.05, 3.63) is 21.9 Å². The predicted molar refractivity (Wildman–Crippen MR) is 85.0 cm³/mol. The monoisotopic (exact) mass is 300 g/mol. The Kier molecular flexibility index (Phi) is 6.97. The van der Waals surface area contributed by atoms with Crippen LogP contribution in [-0.2, 0) is 0 Å². The van der Waals surface area contributed by atoms with Crippen LogP contribution >= 0.6 is 23.1 Å². The molecule has 0 aliphatic heterocycles. The van der Waals surface area contributed by atoms with Crippen LogP contribution in [0.5, 0.6) is 0 Å². The lowest BCUT2D eigenvalue weighted by molar-refractivity contribution is 0.261. The number of nitrogens with one attached hydrogen (secondary N) is 1. The summed E-state index contributed by atoms with van der Waals surface area (Å²) in [4.78, 5) is 15.5. The van der Waals surface area contributed by atoms with Crippen molar-refractivity contribution >= 4 is 39.4 Å². The maximum absolute atomic E-state index is 11.4. The second-order valence-corrected chi connectivity index (χ2v) is 6.31. The van der Waals surface area contributed by atoms with Gasteiger partial charge in [-0.05, 0) is 48.7 Å². The third kappa shape index (κ3) is 5.67. The molecule has 0 bridgehead atoms. The molecule has 0 saturated heterocycles.